The summed E-state index contributed by atoms with van der Waals surface area (Å²) in [5.74, 6) is 4.32. The van der Waals surface area contributed by atoms with Gasteiger partial charge in [-0.05, 0) is 11.2 Å². The highest BCUT2D eigenvalue weighted by molar-refractivity contribution is 7.75. The Hall–Kier alpha value is 0.600. The summed E-state index contributed by atoms with van der Waals surface area (Å²) in [5.41, 5.74) is 0. The zero-order chi connectivity index (χ0) is 4.28. The highest BCUT2D eigenvalue weighted by Gasteiger charge is 1.88. The van der Waals surface area contributed by atoms with E-state index in [-0.39, 0.29) is 0 Å². The summed E-state index contributed by atoms with van der Waals surface area (Å²) in [6, 6.07) is 0. The third-order valence-corrected chi connectivity index (χ3v) is 0.500. The van der Waals surface area contributed by atoms with E-state index in [1.54, 1.807) is 0 Å². The third-order valence-electron chi connectivity index (χ3n) is 0.0870. The normalized spacial score (nSPS) is 15.0. The van der Waals surface area contributed by atoms with E-state index in [9.17, 15) is 0 Å². The van der Waals surface area contributed by atoms with Gasteiger partial charge in [-0.15, -0.1) is 0 Å². The molecule has 0 saturated heterocycles. The van der Waals surface area contributed by atoms with E-state index >= 15 is 0 Å². The van der Waals surface area contributed by atoms with E-state index in [1.807, 2.05) is 0 Å². The number of nitrogens with two attached hydrogens (primary N) is 1. The Labute approximate surface area is 35.3 Å². The quantitative estimate of drug-likeness (QED) is 0.383. The molecule has 0 aromatic carbocycles. The van der Waals surface area contributed by atoms with Crippen molar-refractivity contribution in [2.45, 2.75) is 0 Å². The van der Waals surface area contributed by atoms with Crippen molar-refractivity contribution in [2.75, 3.05) is 0 Å². The molecular weight excluding hydrogens is 112 g/mol. The second-order valence-corrected chi connectivity index (χ2v) is 1.86. The van der Waals surface area contributed by atoms with E-state index in [2.05, 4.69) is 10.5 Å². The van der Waals surface area contributed by atoms with Crippen LogP contribution in [0, 0.1) is 0 Å². The molecule has 0 radical (unpaired) electrons. The van der Waals surface area contributed by atoms with Gasteiger partial charge in [-0.25, -0.2) is 10.5 Å². The lowest BCUT2D eigenvalue weighted by atomic mass is 13.6. The van der Waals surface area contributed by atoms with Gasteiger partial charge < -0.3 is 4.89 Å². The molecule has 0 bridgehead atoms. The van der Waals surface area contributed by atoms with Gasteiger partial charge in [0.2, 0.25) is 0 Å². The molecule has 3 nitrogen and oxygen atoms in total. The van der Waals surface area contributed by atoms with E-state index in [4.69, 9.17) is 16.1 Å². The van der Waals surface area contributed by atoms with Crippen LogP contribution in [-0.4, -0.2) is 4.89 Å². The van der Waals surface area contributed by atoms with Gasteiger partial charge in [-0.2, -0.15) is 0 Å². The molecule has 0 aromatic rings. The van der Waals surface area contributed by atoms with Crippen LogP contribution in [0.15, 0.2) is 0 Å². The second kappa shape index (κ2) is 2.82. The number of hydrogen-bond acceptors (Lipinski definition) is 3. The first-order chi connectivity index (χ1) is 2.27. The van der Waals surface area contributed by atoms with Crippen LogP contribution in [0.5, 0.6) is 0 Å². The predicted molar refractivity (Wildman–Crippen MR) is 20.3 cm³/mol. The van der Waals surface area contributed by atoms with Crippen molar-refractivity contribution in [3.63, 3.8) is 0 Å². The Morgan fingerprint density at radius 3 is 2.20 bits per heavy atom. The molecule has 0 fully saturated rings. The van der Waals surface area contributed by atoms with Gasteiger partial charge in [0.25, 0.3) is 7.73 Å². The highest BCUT2D eigenvalue weighted by atomic mass is 35.7. The average molecular weight is 115 g/mol. The standard InChI is InChI=1S/ClH3NO2P/c1-5(3)4-2/h3H,2H2. The Morgan fingerprint density at radius 2 is 2.20 bits per heavy atom. The molecule has 1 atom stereocenters. The van der Waals surface area contributed by atoms with Crippen molar-refractivity contribution in [3.05, 3.63) is 0 Å². The van der Waals surface area contributed by atoms with Crippen molar-refractivity contribution in [1.29, 1.82) is 0 Å². The molecule has 0 aliphatic heterocycles. The fraction of sp³-hybridized carbons (Fsp3) is 0. The molecule has 0 spiro atoms. The Balaban J connectivity index is 2.54. The molecule has 0 amide bonds. The van der Waals surface area contributed by atoms with Crippen LogP contribution in [-0.2, 0) is 4.62 Å². The van der Waals surface area contributed by atoms with E-state index in [0.717, 1.165) is 0 Å². The van der Waals surface area contributed by atoms with Gasteiger partial charge in [0, 0.05) is 0 Å². The summed E-state index contributed by atoms with van der Waals surface area (Å²) in [5, 5.41) is 0. The average Bonchev–Trinajstić information content (AvgIpc) is 1.38. The highest BCUT2D eigenvalue weighted by Crippen LogP contribution is 2.33. The van der Waals surface area contributed by atoms with Crippen LogP contribution in [0.2, 0.25) is 0 Å². The molecule has 0 rings (SSSR count). The van der Waals surface area contributed by atoms with E-state index < -0.39 is 7.73 Å². The first-order valence-corrected chi connectivity index (χ1v) is 2.90. The Kier molecular flexibility index (Phi) is 3.16. The van der Waals surface area contributed by atoms with Gasteiger partial charge in [-0.3, -0.25) is 0 Å². The van der Waals surface area contributed by atoms with Gasteiger partial charge in [0.15, 0.2) is 0 Å². The van der Waals surface area contributed by atoms with Crippen molar-refractivity contribution in [2.24, 2.45) is 5.90 Å². The van der Waals surface area contributed by atoms with Crippen LogP contribution in [0.25, 0.3) is 0 Å². The maximum atomic E-state index is 7.84. The largest absolute Gasteiger partial charge is 0.337 e. The monoisotopic (exact) mass is 115 g/mol. The molecule has 3 N–H and O–H groups in total. The van der Waals surface area contributed by atoms with Crippen LogP contribution in [0.4, 0.5) is 0 Å². The summed E-state index contributed by atoms with van der Waals surface area (Å²) in [6.45, 7) is 0. The SMILES string of the molecule is NOP(O)Cl. The number of hydrogen-bond donors (Lipinski definition) is 2. The molecule has 0 aromatic heterocycles. The summed E-state index contributed by atoms with van der Waals surface area (Å²) in [4.78, 5) is 7.84. The van der Waals surface area contributed by atoms with Crippen molar-refractivity contribution >= 4 is 19.0 Å². The first kappa shape index (κ1) is 5.60. The minimum absolute atomic E-state index is 1.85. The molecule has 1 unspecified atom stereocenters. The Bertz CT molecular complexity index is 23.6. The first-order valence-electron chi connectivity index (χ1n) is 0.787. The summed E-state index contributed by atoms with van der Waals surface area (Å²) >= 11 is 4.74. The number of rotatable bonds is 1. The van der Waals surface area contributed by atoms with Crippen LogP contribution in [0.1, 0.15) is 0 Å². The van der Waals surface area contributed by atoms with Gasteiger partial charge in [-0.1, -0.05) is 0 Å². The summed E-state index contributed by atoms with van der Waals surface area (Å²) in [6.07, 6.45) is 0. The predicted octanol–water partition coefficient (Wildman–Crippen LogP) is 0.335. The van der Waals surface area contributed by atoms with Gasteiger partial charge >= 0.3 is 0 Å². The maximum absolute atomic E-state index is 7.84. The van der Waals surface area contributed by atoms with Gasteiger partial charge in [0.1, 0.15) is 0 Å². The second-order valence-electron chi connectivity index (χ2n) is 0.332. The summed E-state index contributed by atoms with van der Waals surface area (Å²) in [7, 11) is -1.85. The minimum Gasteiger partial charge on any atom is -0.337 e. The minimum atomic E-state index is -1.85. The fourth-order valence-electron chi connectivity index (χ4n) is 0. The molecule has 0 aliphatic rings. The van der Waals surface area contributed by atoms with Crippen LogP contribution >= 0.6 is 19.0 Å². The van der Waals surface area contributed by atoms with Crippen LogP contribution < -0.4 is 5.90 Å². The zero-order valence-electron chi connectivity index (χ0n) is 2.26. The molecule has 5 heavy (non-hydrogen) atoms. The lowest BCUT2D eigenvalue weighted by Crippen LogP contribution is -1.86. The zero-order valence-corrected chi connectivity index (χ0v) is 3.91. The van der Waals surface area contributed by atoms with E-state index in [1.165, 1.54) is 0 Å². The smallest absolute Gasteiger partial charge is 0.291 e. The molecule has 0 heterocycles. The van der Waals surface area contributed by atoms with Crippen molar-refractivity contribution in [3.8, 4) is 0 Å². The Morgan fingerprint density at radius 1 is 2.00 bits per heavy atom. The van der Waals surface area contributed by atoms with Crippen LogP contribution in [0.3, 0.4) is 0 Å². The summed E-state index contributed by atoms with van der Waals surface area (Å²) < 4.78 is 3.64. The lowest BCUT2D eigenvalue weighted by molar-refractivity contribution is 0.337. The van der Waals surface area contributed by atoms with Gasteiger partial charge in [0.05, 0.1) is 0 Å². The molecule has 32 valence electrons. The molecule has 0 saturated carbocycles. The maximum Gasteiger partial charge on any atom is 0.291 e. The number of halogens is 1. The van der Waals surface area contributed by atoms with Crippen molar-refractivity contribution < 1.29 is 9.52 Å². The lowest BCUT2D eigenvalue weighted by Gasteiger charge is -1.87. The molecular formula is H3ClNO2P. The third kappa shape index (κ3) is 4.60. The fourth-order valence-corrected chi connectivity index (χ4v) is 0. The van der Waals surface area contributed by atoms with Crippen molar-refractivity contribution in [1.82, 2.24) is 0 Å². The molecule has 0 aliphatic carbocycles. The topological polar surface area (TPSA) is 55.5 Å². The molecule has 5 heteroatoms. The van der Waals surface area contributed by atoms with E-state index in [0.29, 0.717) is 0 Å².